The standard InChI is InChI=1S/C14H21ClN2/c1-10(2)13-4-5-17(9-13)14-7-12(8-15)6-11(3)16-14/h6-7,10,13H,4-5,8-9H2,1-3H3. The van der Waals surface area contributed by atoms with Gasteiger partial charge in [-0.05, 0) is 42.9 Å². The van der Waals surface area contributed by atoms with Gasteiger partial charge in [0.15, 0.2) is 0 Å². The van der Waals surface area contributed by atoms with E-state index in [1.165, 1.54) is 12.0 Å². The number of anilines is 1. The number of aromatic nitrogens is 1. The molecule has 17 heavy (non-hydrogen) atoms. The van der Waals surface area contributed by atoms with Gasteiger partial charge in [-0.1, -0.05) is 13.8 Å². The first-order valence-corrected chi connectivity index (χ1v) is 6.92. The lowest BCUT2D eigenvalue weighted by Crippen LogP contribution is -2.22. The summed E-state index contributed by atoms with van der Waals surface area (Å²) in [5.41, 5.74) is 2.23. The summed E-state index contributed by atoms with van der Waals surface area (Å²) < 4.78 is 0. The van der Waals surface area contributed by atoms with E-state index in [-0.39, 0.29) is 0 Å². The fourth-order valence-electron chi connectivity index (χ4n) is 2.50. The van der Waals surface area contributed by atoms with Crippen LogP contribution in [0.4, 0.5) is 5.82 Å². The lowest BCUT2D eigenvalue weighted by molar-refractivity contribution is 0.422. The van der Waals surface area contributed by atoms with Crippen molar-refractivity contribution in [1.82, 2.24) is 4.98 Å². The molecule has 0 aliphatic carbocycles. The third kappa shape index (κ3) is 2.92. The molecule has 1 fully saturated rings. The minimum absolute atomic E-state index is 0.567. The molecule has 94 valence electrons. The lowest BCUT2D eigenvalue weighted by Gasteiger charge is -2.20. The van der Waals surface area contributed by atoms with E-state index in [0.717, 1.165) is 36.4 Å². The molecular formula is C14H21ClN2. The van der Waals surface area contributed by atoms with Crippen molar-refractivity contribution in [2.24, 2.45) is 11.8 Å². The lowest BCUT2D eigenvalue weighted by atomic mass is 9.95. The minimum Gasteiger partial charge on any atom is -0.356 e. The maximum absolute atomic E-state index is 5.91. The first-order valence-electron chi connectivity index (χ1n) is 6.38. The van der Waals surface area contributed by atoms with Crippen LogP contribution < -0.4 is 4.90 Å². The highest BCUT2D eigenvalue weighted by molar-refractivity contribution is 6.17. The topological polar surface area (TPSA) is 16.1 Å². The van der Waals surface area contributed by atoms with E-state index in [2.05, 4.69) is 35.9 Å². The highest BCUT2D eigenvalue weighted by atomic mass is 35.5. The maximum atomic E-state index is 5.91. The zero-order valence-corrected chi connectivity index (χ0v) is 11.7. The van der Waals surface area contributed by atoms with Crippen molar-refractivity contribution in [3.63, 3.8) is 0 Å². The Morgan fingerprint density at radius 1 is 1.47 bits per heavy atom. The Kier molecular flexibility index (Phi) is 3.93. The monoisotopic (exact) mass is 252 g/mol. The molecule has 1 unspecified atom stereocenters. The average Bonchev–Trinajstić information content (AvgIpc) is 2.77. The van der Waals surface area contributed by atoms with E-state index in [1.54, 1.807) is 0 Å². The third-order valence-electron chi connectivity index (χ3n) is 3.65. The van der Waals surface area contributed by atoms with Crippen LogP contribution in [-0.2, 0) is 5.88 Å². The van der Waals surface area contributed by atoms with Gasteiger partial charge < -0.3 is 4.90 Å². The molecule has 1 aliphatic heterocycles. The van der Waals surface area contributed by atoms with Crippen LogP contribution in [0.2, 0.25) is 0 Å². The van der Waals surface area contributed by atoms with Gasteiger partial charge in [0.1, 0.15) is 5.82 Å². The summed E-state index contributed by atoms with van der Waals surface area (Å²) in [5.74, 6) is 3.23. The second kappa shape index (κ2) is 5.26. The van der Waals surface area contributed by atoms with E-state index in [9.17, 15) is 0 Å². The molecule has 0 amide bonds. The zero-order chi connectivity index (χ0) is 12.4. The number of alkyl halides is 1. The quantitative estimate of drug-likeness (QED) is 0.764. The molecule has 0 bridgehead atoms. The molecule has 1 aromatic heterocycles. The Morgan fingerprint density at radius 2 is 2.24 bits per heavy atom. The number of pyridine rings is 1. The number of rotatable bonds is 3. The van der Waals surface area contributed by atoms with Gasteiger partial charge in [-0.25, -0.2) is 4.98 Å². The molecule has 2 rings (SSSR count). The number of aryl methyl sites for hydroxylation is 1. The zero-order valence-electron chi connectivity index (χ0n) is 10.9. The smallest absolute Gasteiger partial charge is 0.129 e. The molecule has 0 aromatic carbocycles. The fourth-order valence-corrected chi connectivity index (χ4v) is 2.65. The summed E-state index contributed by atoms with van der Waals surface area (Å²) in [6, 6.07) is 4.19. The molecule has 3 heteroatoms. The SMILES string of the molecule is Cc1cc(CCl)cc(N2CCC(C(C)C)C2)n1. The van der Waals surface area contributed by atoms with Crippen molar-refractivity contribution < 1.29 is 0 Å². The van der Waals surface area contributed by atoms with Gasteiger partial charge in [-0.3, -0.25) is 0 Å². The van der Waals surface area contributed by atoms with Crippen LogP contribution in [0.5, 0.6) is 0 Å². The van der Waals surface area contributed by atoms with E-state index in [0.29, 0.717) is 5.88 Å². The van der Waals surface area contributed by atoms with Crippen molar-refractivity contribution in [3.8, 4) is 0 Å². The van der Waals surface area contributed by atoms with E-state index < -0.39 is 0 Å². The van der Waals surface area contributed by atoms with Crippen molar-refractivity contribution in [2.45, 2.75) is 33.1 Å². The molecular weight excluding hydrogens is 232 g/mol. The highest BCUT2D eigenvalue weighted by Gasteiger charge is 2.25. The summed E-state index contributed by atoms with van der Waals surface area (Å²) in [6.45, 7) is 8.91. The van der Waals surface area contributed by atoms with Crippen LogP contribution >= 0.6 is 11.6 Å². The second-order valence-corrected chi connectivity index (χ2v) is 5.61. The van der Waals surface area contributed by atoms with E-state index in [1.807, 2.05) is 6.92 Å². The van der Waals surface area contributed by atoms with Gasteiger partial charge in [0.2, 0.25) is 0 Å². The summed E-state index contributed by atoms with van der Waals surface area (Å²) in [5, 5.41) is 0. The van der Waals surface area contributed by atoms with Gasteiger partial charge in [0.25, 0.3) is 0 Å². The first kappa shape index (κ1) is 12.7. The van der Waals surface area contributed by atoms with E-state index >= 15 is 0 Å². The van der Waals surface area contributed by atoms with Gasteiger partial charge in [0.05, 0.1) is 0 Å². The Morgan fingerprint density at radius 3 is 2.82 bits per heavy atom. The number of hydrogen-bond donors (Lipinski definition) is 0. The average molecular weight is 253 g/mol. The van der Waals surface area contributed by atoms with Crippen molar-refractivity contribution >= 4 is 17.4 Å². The van der Waals surface area contributed by atoms with Crippen molar-refractivity contribution in [1.29, 1.82) is 0 Å². The third-order valence-corrected chi connectivity index (χ3v) is 3.95. The number of halogens is 1. The summed E-state index contributed by atoms with van der Waals surface area (Å²) in [6.07, 6.45) is 1.28. The second-order valence-electron chi connectivity index (χ2n) is 5.35. The summed E-state index contributed by atoms with van der Waals surface area (Å²) in [7, 11) is 0. The molecule has 1 aliphatic rings. The normalized spacial score (nSPS) is 20.3. The molecule has 1 saturated heterocycles. The summed E-state index contributed by atoms with van der Waals surface area (Å²) in [4.78, 5) is 7.02. The van der Waals surface area contributed by atoms with Crippen LogP contribution in [0.25, 0.3) is 0 Å². The van der Waals surface area contributed by atoms with Crippen molar-refractivity contribution in [2.75, 3.05) is 18.0 Å². The van der Waals surface area contributed by atoms with Crippen LogP contribution in [0, 0.1) is 18.8 Å². The van der Waals surface area contributed by atoms with Gasteiger partial charge in [0, 0.05) is 24.7 Å². The van der Waals surface area contributed by atoms with Gasteiger partial charge in [-0.2, -0.15) is 0 Å². The van der Waals surface area contributed by atoms with E-state index in [4.69, 9.17) is 11.6 Å². The molecule has 2 nitrogen and oxygen atoms in total. The molecule has 2 heterocycles. The Balaban J connectivity index is 2.15. The first-order chi connectivity index (χ1) is 8.10. The number of hydrogen-bond acceptors (Lipinski definition) is 2. The summed E-state index contributed by atoms with van der Waals surface area (Å²) >= 11 is 5.91. The molecule has 0 N–H and O–H groups in total. The fraction of sp³-hybridized carbons (Fsp3) is 0.643. The largest absolute Gasteiger partial charge is 0.356 e. The molecule has 1 aromatic rings. The van der Waals surface area contributed by atoms with Crippen LogP contribution in [0.3, 0.4) is 0 Å². The maximum Gasteiger partial charge on any atom is 0.129 e. The molecule has 1 atom stereocenters. The molecule has 0 spiro atoms. The number of nitrogens with zero attached hydrogens (tertiary/aromatic N) is 2. The highest BCUT2D eigenvalue weighted by Crippen LogP contribution is 2.28. The van der Waals surface area contributed by atoms with Crippen LogP contribution in [0.1, 0.15) is 31.5 Å². The van der Waals surface area contributed by atoms with Crippen LogP contribution in [-0.4, -0.2) is 18.1 Å². The molecule has 0 saturated carbocycles. The minimum atomic E-state index is 0.567. The predicted molar refractivity (Wildman–Crippen MR) is 73.7 cm³/mol. The van der Waals surface area contributed by atoms with Gasteiger partial charge >= 0.3 is 0 Å². The van der Waals surface area contributed by atoms with Crippen LogP contribution in [0.15, 0.2) is 12.1 Å². The Bertz CT molecular complexity index is 390. The van der Waals surface area contributed by atoms with Crippen molar-refractivity contribution in [3.05, 3.63) is 23.4 Å². The van der Waals surface area contributed by atoms with Gasteiger partial charge in [-0.15, -0.1) is 11.6 Å². The molecule has 0 radical (unpaired) electrons. The Hall–Kier alpha value is -0.760. The predicted octanol–water partition coefficient (Wildman–Crippen LogP) is 3.61. The Labute approximate surface area is 109 Å².